The third-order valence-corrected chi connectivity index (χ3v) is 13.9. The minimum Gasteiger partial charge on any atom is -0.310 e. The summed E-state index contributed by atoms with van der Waals surface area (Å²) in [6.07, 6.45) is 12.0. The summed E-state index contributed by atoms with van der Waals surface area (Å²) < 4.78 is 4.68. The molecule has 0 amide bonds. The molecule has 0 fully saturated rings. The van der Waals surface area contributed by atoms with E-state index in [1.807, 2.05) is 24.3 Å². The molecule has 0 radical (unpaired) electrons. The molecule has 0 atom stereocenters. The second-order valence-corrected chi connectivity index (χ2v) is 18.0. The van der Waals surface area contributed by atoms with E-state index in [0.717, 1.165) is 99.5 Å². The Kier molecular flexibility index (Phi) is 11.7. The maximum atomic E-state index is 4.76. The predicted molar refractivity (Wildman–Crippen MR) is 309 cm³/mol. The number of nitrogens with zero attached hydrogens (tertiary/aromatic N) is 2. The molecule has 2 nitrogen and oxygen atoms in total. The lowest BCUT2D eigenvalue weighted by Crippen LogP contribution is -2.26. The Labute approximate surface area is 416 Å². The highest BCUT2D eigenvalue weighted by atomic mass is 15.0. The predicted octanol–water partition coefficient (Wildman–Crippen LogP) is 17.3. The van der Waals surface area contributed by atoms with E-state index in [2.05, 4.69) is 255 Å². The fourth-order valence-corrected chi connectivity index (χ4v) is 10.1. The number of benzene rings is 9. The van der Waals surface area contributed by atoms with E-state index in [9.17, 15) is 0 Å². The van der Waals surface area contributed by atoms with Crippen molar-refractivity contribution in [3.8, 4) is 55.9 Å². The molecule has 11 rings (SSSR count). The Hall–Kier alpha value is -9.24. The minimum atomic E-state index is 0.925. The second kappa shape index (κ2) is 18.7. The van der Waals surface area contributed by atoms with E-state index in [-0.39, 0.29) is 0 Å². The normalized spacial score (nSPS) is 11.9. The molecule has 2 heterocycles. The van der Waals surface area contributed by atoms with E-state index >= 15 is 0 Å². The van der Waals surface area contributed by atoms with Crippen molar-refractivity contribution in [3.63, 3.8) is 0 Å². The Morgan fingerprint density at radius 2 is 0.732 bits per heavy atom. The molecule has 0 spiro atoms. The van der Waals surface area contributed by atoms with Crippen molar-refractivity contribution in [2.45, 2.75) is 6.92 Å². The molecule has 0 aliphatic heterocycles. The Bertz CT molecular complexity index is 3960. The Morgan fingerprint density at radius 1 is 0.366 bits per heavy atom. The van der Waals surface area contributed by atoms with Crippen LogP contribution in [-0.4, -0.2) is 9.13 Å². The van der Waals surface area contributed by atoms with Crippen molar-refractivity contribution in [1.82, 2.24) is 9.13 Å². The third kappa shape index (κ3) is 8.22. The Balaban J connectivity index is 0.983. The zero-order chi connectivity index (χ0) is 48.6. The molecule has 0 saturated carbocycles. The van der Waals surface area contributed by atoms with Crippen LogP contribution in [0.1, 0.15) is 34.7 Å². The summed E-state index contributed by atoms with van der Waals surface area (Å²) in [5.41, 5.74) is 21.4. The first-order chi connectivity index (χ1) is 34.8. The third-order valence-electron chi connectivity index (χ3n) is 13.9. The lowest BCUT2D eigenvalue weighted by molar-refractivity contribution is 1.07. The van der Waals surface area contributed by atoms with Gasteiger partial charge in [-0.2, -0.15) is 0 Å². The quantitative estimate of drug-likeness (QED) is 0.116. The summed E-state index contributed by atoms with van der Waals surface area (Å²) in [5.74, 6) is 0. The first-order valence-electron chi connectivity index (χ1n) is 24.1. The van der Waals surface area contributed by atoms with E-state index in [4.69, 9.17) is 6.58 Å². The van der Waals surface area contributed by atoms with Crippen LogP contribution in [-0.2, 0) is 0 Å². The zero-order valence-corrected chi connectivity index (χ0v) is 39.9. The molecule has 0 saturated heterocycles. The summed E-state index contributed by atoms with van der Waals surface area (Å²) in [5, 5.41) is 5.55. The van der Waals surface area contributed by atoms with Gasteiger partial charge in [0.25, 0.3) is 0 Å². The van der Waals surface area contributed by atoms with Crippen molar-refractivity contribution in [1.29, 1.82) is 0 Å². The van der Waals surface area contributed by atoms with Crippen LogP contribution in [0.25, 0.3) is 131 Å². The van der Waals surface area contributed by atoms with Crippen LogP contribution in [0.5, 0.6) is 0 Å². The van der Waals surface area contributed by atoms with Crippen molar-refractivity contribution < 1.29 is 0 Å². The second-order valence-electron chi connectivity index (χ2n) is 18.0. The molecule has 11 aromatic rings. The first kappa shape index (κ1) is 44.3. The summed E-state index contributed by atoms with van der Waals surface area (Å²) in [7, 11) is 0. The van der Waals surface area contributed by atoms with Gasteiger partial charge < -0.3 is 9.13 Å². The Morgan fingerprint density at radius 3 is 1.17 bits per heavy atom. The van der Waals surface area contributed by atoms with E-state index in [1.54, 1.807) is 0 Å². The molecular weight excluding hydrogens is 857 g/mol. The minimum absolute atomic E-state index is 0.925. The van der Waals surface area contributed by atoms with Crippen LogP contribution in [0.15, 0.2) is 233 Å². The highest BCUT2D eigenvalue weighted by molar-refractivity contribution is 6.12. The molecule has 0 N–H and O–H groups in total. The first-order valence-corrected chi connectivity index (χ1v) is 24.1. The molecule has 0 unspecified atom stereocenters. The van der Waals surface area contributed by atoms with Gasteiger partial charge in [-0.15, -0.1) is 0 Å². The van der Waals surface area contributed by atoms with E-state index in [0.29, 0.717) is 0 Å². The monoisotopic (exact) mass is 908 g/mol. The van der Waals surface area contributed by atoms with Gasteiger partial charge in [-0.1, -0.05) is 179 Å². The number of hydrogen-bond donors (Lipinski definition) is 0. The van der Waals surface area contributed by atoms with Gasteiger partial charge in [0.15, 0.2) is 0 Å². The highest BCUT2D eigenvalue weighted by Crippen LogP contribution is 2.38. The molecule has 9 aromatic carbocycles. The van der Waals surface area contributed by atoms with Gasteiger partial charge >= 0.3 is 0 Å². The van der Waals surface area contributed by atoms with Crippen molar-refractivity contribution in [2.24, 2.45) is 0 Å². The van der Waals surface area contributed by atoms with Gasteiger partial charge in [-0.25, -0.2) is 0 Å². The van der Waals surface area contributed by atoms with Gasteiger partial charge in [0.1, 0.15) is 0 Å². The number of aromatic nitrogens is 2. The van der Waals surface area contributed by atoms with Gasteiger partial charge in [-0.3, -0.25) is 0 Å². The molecule has 0 aliphatic rings. The average molecular weight is 909 g/mol. The lowest BCUT2D eigenvalue weighted by atomic mass is 9.98. The number of allylic oxidation sites excluding steroid dienone is 2. The summed E-state index contributed by atoms with van der Waals surface area (Å²) >= 11 is 0. The molecule has 0 aliphatic carbocycles. The van der Waals surface area contributed by atoms with Crippen LogP contribution < -0.4 is 10.6 Å². The van der Waals surface area contributed by atoms with Gasteiger partial charge in [0.2, 0.25) is 0 Å². The number of hydrogen-bond acceptors (Lipinski definition) is 0. The molecular formula is C69H52N2. The van der Waals surface area contributed by atoms with Crippen LogP contribution in [0.3, 0.4) is 0 Å². The maximum absolute atomic E-state index is 4.76. The summed E-state index contributed by atoms with van der Waals surface area (Å²) in [4.78, 5) is 0. The largest absolute Gasteiger partial charge is 0.310 e. The lowest BCUT2D eigenvalue weighted by Gasteiger charge is -2.11. The van der Waals surface area contributed by atoms with Crippen LogP contribution >= 0.6 is 0 Å². The van der Waals surface area contributed by atoms with Gasteiger partial charge in [-0.05, 0) is 176 Å². The molecule has 2 aromatic heterocycles. The van der Waals surface area contributed by atoms with Gasteiger partial charge in [0, 0.05) is 38.1 Å². The van der Waals surface area contributed by atoms with Crippen molar-refractivity contribution >= 4 is 75.2 Å². The molecule has 338 valence electrons. The average Bonchev–Trinajstić information content (AvgIpc) is 3.91. The van der Waals surface area contributed by atoms with Crippen LogP contribution in [0.4, 0.5) is 0 Å². The van der Waals surface area contributed by atoms with Crippen LogP contribution in [0, 0.1) is 0 Å². The SMILES string of the molecule is C=Cc1cccc(C(/C=c2\c(=C)n(-c3ccc(-c4ccc(-n5c6ccc(-c7cccc(C=C)c7)cc6c6cc(-c7cccc(C=C)c7)ccc65)cc4)cc3)c3ccc(-c4cccc(C=C)c4)cc23)=C/C)c1. The van der Waals surface area contributed by atoms with E-state index < -0.39 is 0 Å². The summed E-state index contributed by atoms with van der Waals surface area (Å²) in [6, 6.07) is 72.4. The highest BCUT2D eigenvalue weighted by Gasteiger charge is 2.17. The van der Waals surface area contributed by atoms with Crippen molar-refractivity contribution in [3.05, 3.63) is 271 Å². The molecule has 0 bridgehead atoms. The maximum Gasteiger partial charge on any atom is 0.0541 e. The van der Waals surface area contributed by atoms with E-state index in [1.165, 1.54) is 33.0 Å². The standard InChI is InChI=1S/C69H52N2/c1-7-47-16-12-20-54(38-47)51(11-5)42-63-46(6)70(67-35-28-58(43-64(63)67)55-21-13-17-48(8-2)39-55)61-31-24-52(25-32-61)53-26-33-62(34-27-53)71-68-36-29-59(56-22-14-18-49(9-3)40-56)44-65(68)66-45-60(30-37-69(66)71)57-23-15-19-50(10-4)41-57/h7-45H,1-4,6H2,5H3/b51-11+,63-42+. The zero-order valence-electron chi connectivity index (χ0n) is 39.9. The van der Waals surface area contributed by atoms with Crippen molar-refractivity contribution in [2.75, 3.05) is 0 Å². The van der Waals surface area contributed by atoms with Crippen LogP contribution in [0.2, 0.25) is 0 Å². The van der Waals surface area contributed by atoms with Gasteiger partial charge in [0.05, 0.1) is 16.6 Å². The summed E-state index contributed by atoms with van der Waals surface area (Å²) in [6.45, 7) is 22.9. The fraction of sp³-hybridized carbons (Fsp3) is 0.0145. The number of rotatable bonds is 12. The topological polar surface area (TPSA) is 9.86 Å². The number of fused-ring (bicyclic) bond motifs is 4. The molecule has 2 heteroatoms. The molecule has 71 heavy (non-hydrogen) atoms. The fourth-order valence-electron chi connectivity index (χ4n) is 10.1. The smallest absolute Gasteiger partial charge is 0.0541 e.